The molecular formula is C14H26N6O. The average molecular weight is 294 g/mol. The SMILES string of the molecule is CCNc1nc(N(C)C)nc(N2CCCC(OCC)C2)n1. The Hall–Kier alpha value is -1.63. The molecule has 0 amide bonds. The molecule has 0 bridgehead atoms. The van der Waals surface area contributed by atoms with E-state index in [-0.39, 0.29) is 6.10 Å². The van der Waals surface area contributed by atoms with Gasteiger partial charge in [0.15, 0.2) is 0 Å². The normalized spacial score (nSPS) is 18.7. The second kappa shape index (κ2) is 7.40. The van der Waals surface area contributed by atoms with Crippen LogP contribution in [0.4, 0.5) is 17.8 Å². The molecule has 2 rings (SSSR count). The Labute approximate surface area is 126 Å². The summed E-state index contributed by atoms with van der Waals surface area (Å²) in [6.45, 7) is 7.42. The second-order valence-corrected chi connectivity index (χ2v) is 5.35. The minimum Gasteiger partial charge on any atom is -0.377 e. The fourth-order valence-corrected chi connectivity index (χ4v) is 2.42. The predicted octanol–water partition coefficient (Wildman–Crippen LogP) is 1.37. The second-order valence-electron chi connectivity index (χ2n) is 5.35. The van der Waals surface area contributed by atoms with E-state index in [1.165, 1.54) is 0 Å². The van der Waals surface area contributed by atoms with Gasteiger partial charge in [0.1, 0.15) is 0 Å². The molecule has 1 N–H and O–H groups in total. The van der Waals surface area contributed by atoms with Crippen molar-refractivity contribution in [2.75, 3.05) is 55.5 Å². The van der Waals surface area contributed by atoms with Crippen LogP contribution in [0.15, 0.2) is 0 Å². The fraction of sp³-hybridized carbons (Fsp3) is 0.786. The zero-order valence-electron chi connectivity index (χ0n) is 13.5. The summed E-state index contributed by atoms with van der Waals surface area (Å²) in [4.78, 5) is 17.6. The number of rotatable bonds is 6. The Morgan fingerprint density at radius 2 is 2.10 bits per heavy atom. The minimum absolute atomic E-state index is 0.269. The molecule has 0 aromatic carbocycles. The number of aromatic nitrogens is 3. The quantitative estimate of drug-likeness (QED) is 0.850. The lowest BCUT2D eigenvalue weighted by Gasteiger charge is -2.32. The van der Waals surface area contributed by atoms with Crippen LogP contribution in [0.5, 0.6) is 0 Å². The van der Waals surface area contributed by atoms with E-state index in [4.69, 9.17) is 4.74 Å². The van der Waals surface area contributed by atoms with Gasteiger partial charge in [-0.3, -0.25) is 0 Å². The van der Waals surface area contributed by atoms with Crippen molar-refractivity contribution in [3.05, 3.63) is 0 Å². The maximum atomic E-state index is 5.75. The summed E-state index contributed by atoms with van der Waals surface area (Å²) in [6.07, 6.45) is 2.48. The van der Waals surface area contributed by atoms with Gasteiger partial charge in [0.05, 0.1) is 6.10 Å². The highest BCUT2D eigenvalue weighted by Gasteiger charge is 2.23. The maximum absolute atomic E-state index is 5.75. The van der Waals surface area contributed by atoms with Gasteiger partial charge < -0.3 is 19.9 Å². The molecule has 0 aliphatic carbocycles. The van der Waals surface area contributed by atoms with Gasteiger partial charge in [0.2, 0.25) is 17.8 Å². The molecule has 1 unspecified atom stereocenters. The Bertz CT molecular complexity index is 451. The van der Waals surface area contributed by atoms with Gasteiger partial charge in [0, 0.05) is 40.3 Å². The molecule has 1 fully saturated rings. The van der Waals surface area contributed by atoms with Crippen molar-refractivity contribution in [3.63, 3.8) is 0 Å². The van der Waals surface area contributed by atoms with Gasteiger partial charge in [-0.2, -0.15) is 15.0 Å². The number of piperidine rings is 1. The topological polar surface area (TPSA) is 66.4 Å². The third-order valence-corrected chi connectivity index (χ3v) is 3.41. The van der Waals surface area contributed by atoms with Crippen LogP contribution in [0.3, 0.4) is 0 Å². The largest absolute Gasteiger partial charge is 0.377 e. The van der Waals surface area contributed by atoms with Gasteiger partial charge in [-0.25, -0.2) is 0 Å². The Morgan fingerprint density at radius 3 is 2.76 bits per heavy atom. The van der Waals surface area contributed by atoms with Crippen LogP contribution in [0.1, 0.15) is 26.7 Å². The smallest absolute Gasteiger partial charge is 0.232 e. The number of nitrogens with zero attached hydrogens (tertiary/aromatic N) is 5. The first-order valence-corrected chi connectivity index (χ1v) is 7.67. The van der Waals surface area contributed by atoms with Gasteiger partial charge in [-0.15, -0.1) is 0 Å². The molecule has 7 heteroatoms. The van der Waals surface area contributed by atoms with Crippen molar-refractivity contribution in [1.29, 1.82) is 0 Å². The molecule has 0 radical (unpaired) electrons. The van der Waals surface area contributed by atoms with Crippen molar-refractivity contribution in [2.24, 2.45) is 0 Å². The summed E-state index contributed by atoms with van der Waals surface area (Å²) in [6, 6.07) is 0. The zero-order valence-corrected chi connectivity index (χ0v) is 13.5. The molecule has 118 valence electrons. The van der Waals surface area contributed by atoms with Crippen LogP contribution in [0.25, 0.3) is 0 Å². The molecular weight excluding hydrogens is 268 g/mol. The molecule has 1 aliphatic heterocycles. The van der Waals surface area contributed by atoms with Crippen LogP contribution in [0, 0.1) is 0 Å². The number of hydrogen-bond acceptors (Lipinski definition) is 7. The molecule has 1 aliphatic rings. The van der Waals surface area contributed by atoms with Gasteiger partial charge in [0.25, 0.3) is 0 Å². The summed E-state index contributed by atoms with van der Waals surface area (Å²) in [5.74, 6) is 2.04. The summed E-state index contributed by atoms with van der Waals surface area (Å²) in [5, 5.41) is 3.17. The molecule has 1 aromatic heterocycles. The van der Waals surface area contributed by atoms with Crippen LogP contribution < -0.4 is 15.1 Å². The number of nitrogens with one attached hydrogen (secondary N) is 1. The molecule has 1 saturated heterocycles. The third kappa shape index (κ3) is 4.17. The summed E-state index contributed by atoms with van der Waals surface area (Å²) >= 11 is 0. The molecule has 7 nitrogen and oxygen atoms in total. The Morgan fingerprint density at radius 1 is 1.29 bits per heavy atom. The zero-order chi connectivity index (χ0) is 15.2. The van der Waals surface area contributed by atoms with Crippen LogP contribution in [-0.4, -0.2) is 61.4 Å². The van der Waals surface area contributed by atoms with Crippen molar-refractivity contribution in [2.45, 2.75) is 32.8 Å². The first-order chi connectivity index (χ1) is 10.1. The van der Waals surface area contributed by atoms with E-state index < -0.39 is 0 Å². The first-order valence-electron chi connectivity index (χ1n) is 7.67. The van der Waals surface area contributed by atoms with Crippen molar-refractivity contribution in [1.82, 2.24) is 15.0 Å². The summed E-state index contributed by atoms with van der Waals surface area (Å²) in [7, 11) is 3.88. The van der Waals surface area contributed by atoms with Gasteiger partial charge in [-0.05, 0) is 26.7 Å². The maximum Gasteiger partial charge on any atom is 0.232 e. The lowest BCUT2D eigenvalue weighted by Crippen LogP contribution is -2.41. The van der Waals surface area contributed by atoms with E-state index in [1.54, 1.807) is 0 Å². The van der Waals surface area contributed by atoms with Crippen LogP contribution >= 0.6 is 0 Å². The van der Waals surface area contributed by atoms with E-state index in [0.29, 0.717) is 11.9 Å². The van der Waals surface area contributed by atoms with E-state index in [1.807, 2.05) is 32.8 Å². The fourth-order valence-electron chi connectivity index (χ4n) is 2.42. The van der Waals surface area contributed by atoms with E-state index >= 15 is 0 Å². The van der Waals surface area contributed by atoms with Crippen molar-refractivity contribution < 1.29 is 4.74 Å². The Balaban J connectivity index is 2.20. The van der Waals surface area contributed by atoms with Gasteiger partial charge in [-0.1, -0.05) is 0 Å². The highest BCUT2D eigenvalue weighted by atomic mass is 16.5. The summed E-state index contributed by atoms with van der Waals surface area (Å²) < 4.78 is 5.75. The van der Waals surface area contributed by atoms with Gasteiger partial charge >= 0.3 is 0 Å². The number of anilines is 3. The van der Waals surface area contributed by atoms with Crippen molar-refractivity contribution >= 4 is 17.8 Å². The molecule has 1 aromatic rings. The van der Waals surface area contributed by atoms with E-state index in [2.05, 4.69) is 25.2 Å². The number of hydrogen-bond donors (Lipinski definition) is 1. The highest BCUT2D eigenvalue weighted by Crippen LogP contribution is 2.20. The lowest BCUT2D eigenvalue weighted by atomic mass is 10.1. The summed E-state index contributed by atoms with van der Waals surface area (Å²) in [5.41, 5.74) is 0. The van der Waals surface area contributed by atoms with E-state index in [9.17, 15) is 0 Å². The first kappa shape index (κ1) is 15.8. The molecule has 1 atom stereocenters. The lowest BCUT2D eigenvalue weighted by molar-refractivity contribution is 0.0523. The molecule has 2 heterocycles. The monoisotopic (exact) mass is 294 g/mol. The molecule has 21 heavy (non-hydrogen) atoms. The predicted molar refractivity (Wildman–Crippen MR) is 85.2 cm³/mol. The average Bonchev–Trinajstić information content (AvgIpc) is 2.48. The van der Waals surface area contributed by atoms with E-state index in [0.717, 1.165) is 45.0 Å². The van der Waals surface area contributed by atoms with Crippen LogP contribution in [-0.2, 0) is 4.74 Å². The number of ether oxygens (including phenoxy) is 1. The standard InChI is InChI=1S/C14H26N6O/c1-5-15-12-16-13(19(3)4)18-14(17-12)20-9-7-8-11(10-20)21-6-2/h11H,5-10H2,1-4H3,(H,15,16,17,18). The van der Waals surface area contributed by atoms with Crippen molar-refractivity contribution in [3.8, 4) is 0 Å². The highest BCUT2D eigenvalue weighted by molar-refractivity contribution is 5.44. The molecule has 0 saturated carbocycles. The third-order valence-electron chi connectivity index (χ3n) is 3.41. The Kier molecular flexibility index (Phi) is 5.55. The molecule has 0 spiro atoms. The minimum atomic E-state index is 0.269. The van der Waals surface area contributed by atoms with Crippen LogP contribution in [0.2, 0.25) is 0 Å².